The molecule has 1 aromatic rings. The Bertz CT molecular complexity index is 480. The Hall–Kier alpha value is -0.900. The predicted molar refractivity (Wildman–Crippen MR) is 88.6 cm³/mol. The van der Waals surface area contributed by atoms with Gasteiger partial charge in [0.15, 0.2) is 0 Å². The number of aliphatic hydroxyl groups excluding tert-OH is 1. The van der Waals surface area contributed by atoms with Crippen LogP contribution < -0.4 is 0 Å². The fourth-order valence-electron chi connectivity index (χ4n) is 3.27. The van der Waals surface area contributed by atoms with Crippen LogP contribution >= 0.6 is 0 Å². The van der Waals surface area contributed by atoms with Gasteiger partial charge in [0.2, 0.25) is 0 Å². The van der Waals surface area contributed by atoms with Crippen molar-refractivity contribution in [3.8, 4) is 0 Å². The van der Waals surface area contributed by atoms with Gasteiger partial charge in [0, 0.05) is 18.6 Å². The lowest BCUT2D eigenvalue weighted by molar-refractivity contribution is 0.0146. The first-order valence-corrected chi connectivity index (χ1v) is 7.95. The first-order chi connectivity index (χ1) is 9.84. The third kappa shape index (κ3) is 3.65. The van der Waals surface area contributed by atoms with Crippen LogP contribution in [0.25, 0.3) is 0 Å². The van der Waals surface area contributed by atoms with E-state index in [9.17, 15) is 5.11 Å². The highest BCUT2D eigenvalue weighted by molar-refractivity contribution is 5.31. The molecule has 1 aliphatic carbocycles. The molecule has 3 heteroatoms. The molecule has 1 saturated carbocycles. The summed E-state index contributed by atoms with van der Waals surface area (Å²) in [5.74, 6) is 0. The average molecular weight is 290 g/mol. The van der Waals surface area contributed by atoms with Gasteiger partial charge < -0.3 is 14.9 Å². The summed E-state index contributed by atoms with van der Waals surface area (Å²) in [6.45, 7) is 5.93. The molecular weight excluding hydrogens is 260 g/mol. The average Bonchev–Trinajstić information content (AvgIpc) is 2.36. The molecule has 0 aliphatic heterocycles. The van der Waals surface area contributed by atoms with Gasteiger partial charge in [-0.1, -0.05) is 18.2 Å². The number of nitrogens with zero attached hydrogens (tertiary/aromatic N) is 2. The maximum absolute atomic E-state index is 10.5. The molecular formula is C18H30N2O. The minimum Gasteiger partial charge on any atom is -0.387 e. The highest BCUT2D eigenvalue weighted by Gasteiger charge is 2.39. The fraction of sp³-hybridized carbons (Fsp3) is 0.667. The van der Waals surface area contributed by atoms with Crippen molar-refractivity contribution in [3.63, 3.8) is 0 Å². The molecule has 0 amide bonds. The van der Waals surface area contributed by atoms with Crippen molar-refractivity contribution in [2.24, 2.45) is 0 Å². The molecule has 0 heterocycles. The van der Waals surface area contributed by atoms with Crippen LogP contribution in [0.5, 0.6) is 0 Å². The summed E-state index contributed by atoms with van der Waals surface area (Å²) in [4.78, 5) is 4.63. The van der Waals surface area contributed by atoms with Gasteiger partial charge in [-0.05, 0) is 70.9 Å². The molecule has 21 heavy (non-hydrogen) atoms. The number of rotatable bonds is 6. The summed E-state index contributed by atoms with van der Waals surface area (Å²) in [5.41, 5.74) is 3.87. The van der Waals surface area contributed by atoms with Gasteiger partial charge in [-0.15, -0.1) is 0 Å². The van der Waals surface area contributed by atoms with Gasteiger partial charge in [0.1, 0.15) is 0 Å². The van der Waals surface area contributed by atoms with Crippen molar-refractivity contribution in [3.05, 3.63) is 34.9 Å². The molecule has 1 N–H and O–H groups in total. The second-order valence-corrected chi connectivity index (χ2v) is 7.03. The lowest BCUT2D eigenvalue weighted by Crippen LogP contribution is -2.57. The molecule has 0 spiro atoms. The first kappa shape index (κ1) is 16.5. The van der Waals surface area contributed by atoms with E-state index < -0.39 is 6.10 Å². The van der Waals surface area contributed by atoms with E-state index >= 15 is 0 Å². The topological polar surface area (TPSA) is 26.7 Å². The van der Waals surface area contributed by atoms with Crippen molar-refractivity contribution in [2.75, 3.05) is 34.2 Å². The number of aliphatic hydroxyl groups is 1. The first-order valence-electron chi connectivity index (χ1n) is 7.95. The van der Waals surface area contributed by atoms with Crippen LogP contribution in [0, 0.1) is 13.8 Å². The number of hydrogen-bond acceptors (Lipinski definition) is 3. The Balaban J connectivity index is 1.95. The molecule has 1 aliphatic rings. The predicted octanol–water partition coefficient (Wildman–Crippen LogP) is 2.75. The van der Waals surface area contributed by atoms with Crippen LogP contribution in [0.15, 0.2) is 18.2 Å². The van der Waals surface area contributed by atoms with Gasteiger partial charge in [-0.2, -0.15) is 0 Å². The highest BCUT2D eigenvalue weighted by Crippen LogP contribution is 2.36. The molecule has 1 aromatic carbocycles. The zero-order valence-corrected chi connectivity index (χ0v) is 14.2. The van der Waals surface area contributed by atoms with Crippen molar-refractivity contribution in [2.45, 2.75) is 44.8 Å². The minimum absolute atomic E-state index is 0.317. The molecule has 0 aromatic heterocycles. The summed E-state index contributed by atoms with van der Waals surface area (Å²) in [7, 11) is 6.47. The lowest BCUT2D eigenvalue weighted by atomic mass is 9.75. The van der Waals surface area contributed by atoms with Crippen molar-refractivity contribution in [1.82, 2.24) is 9.80 Å². The zero-order valence-electron chi connectivity index (χ0n) is 14.2. The zero-order chi connectivity index (χ0) is 15.6. The minimum atomic E-state index is -0.409. The highest BCUT2D eigenvalue weighted by atomic mass is 16.3. The molecule has 0 radical (unpaired) electrons. The SMILES string of the molecule is Cc1ccc(C(O)CN(C)CC2(N(C)C)CCC2)cc1C. The van der Waals surface area contributed by atoms with Gasteiger partial charge in [0.05, 0.1) is 6.10 Å². The molecule has 2 rings (SSSR count). The summed E-state index contributed by atoms with van der Waals surface area (Å²) in [6.07, 6.45) is 3.45. The van der Waals surface area contributed by atoms with Gasteiger partial charge >= 0.3 is 0 Å². The van der Waals surface area contributed by atoms with Gasteiger partial charge in [-0.25, -0.2) is 0 Å². The van der Waals surface area contributed by atoms with Crippen LogP contribution in [0.3, 0.4) is 0 Å². The number of aryl methyl sites for hydroxylation is 2. The summed E-state index contributed by atoms with van der Waals surface area (Å²) < 4.78 is 0. The number of benzene rings is 1. The third-order valence-electron chi connectivity index (χ3n) is 5.20. The molecule has 0 bridgehead atoms. The quantitative estimate of drug-likeness (QED) is 0.873. The molecule has 1 unspecified atom stereocenters. The van der Waals surface area contributed by atoms with Gasteiger partial charge in [0.25, 0.3) is 0 Å². The van der Waals surface area contributed by atoms with Crippen LogP contribution in [0.1, 0.15) is 42.1 Å². The second-order valence-electron chi connectivity index (χ2n) is 7.03. The van der Waals surface area contributed by atoms with E-state index in [1.165, 1.54) is 30.4 Å². The third-order valence-corrected chi connectivity index (χ3v) is 5.20. The van der Waals surface area contributed by atoms with E-state index in [0.29, 0.717) is 12.1 Å². The standard InChI is InChI=1S/C18H30N2O/c1-14-7-8-16(11-15(14)2)17(21)12-20(5)13-18(19(3)4)9-6-10-18/h7-8,11,17,21H,6,9-10,12-13H2,1-5H3. The van der Waals surface area contributed by atoms with E-state index in [1.807, 2.05) is 6.07 Å². The maximum Gasteiger partial charge on any atom is 0.0916 e. The lowest BCUT2D eigenvalue weighted by Gasteiger charge is -2.49. The Morgan fingerprint density at radius 1 is 1.14 bits per heavy atom. The van der Waals surface area contributed by atoms with Crippen LogP contribution in [-0.2, 0) is 0 Å². The Morgan fingerprint density at radius 2 is 1.81 bits per heavy atom. The summed E-state index contributed by atoms with van der Waals surface area (Å²) in [6, 6.07) is 6.26. The maximum atomic E-state index is 10.5. The number of hydrogen-bond donors (Lipinski definition) is 1. The summed E-state index contributed by atoms with van der Waals surface area (Å²) >= 11 is 0. The monoisotopic (exact) mass is 290 g/mol. The molecule has 0 saturated heterocycles. The number of likely N-dealkylation sites (N-methyl/N-ethyl adjacent to an activating group) is 2. The van der Waals surface area contributed by atoms with Crippen molar-refractivity contribution >= 4 is 0 Å². The van der Waals surface area contributed by atoms with E-state index in [1.54, 1.807) is 0 Å². The Morgan fingerprint density at radius 3 is 2.29 bits per heavy atom. The molecule has 3 nitrogen and oxygen atoms in total. The Kier molecular flexibility index (Phi) is 5.07. The largest absolute Gasteiger partial charge is 0.387 e. The second kappa shape index (κ2) is 6.47. The van der Waals surface area contributed by atoms with Gasteiger partial charge in [-0.3, -0.25) is 0 Å². The normalized spacial score (nSPS) is 18.9. The molecule has 118 valence electrons. The van der Waals surface area contributed by atoms with Crippen molar-refractivity contribution in [1.29, 1.82) is 0 Å². The Labute approximate surface area is 129 Å². The van der Waals surface area contributed by atoms with E-state index in [0.717, 1.165) is 12.1 Å². The fourth-order valence-corrected chi connectivity index (χ4v) is 3.27. The molecule has 1 fully saturated rings. The van der Waals surface area contributed by atoms with Crippen LogP contribution in [0.2, 0.25) is 0 Å². The van der Waals surface area contributed by atoms with E-state index in [2.05, 4.69) is 56.9 Å². The van der Waals surface area contributed by atoms with Crippen LogP contribution in [0.4, 0.5) is 0 Å². The molecule has 1 atom stereocenters. The van der Waals surface area contributed by atoms with Crippen LogP contribution in [-0.4, -0.2) is 54.7 Å². The smallest absolute Gasteiger partial charge is 0.0916 e. The van der Waals surface area contributed by atoms with E-state index in [-0.39, 0.29) is 0 Å². The van der Waals surface area contributed by atoms with E-state index in [4.69, 9.17) is 0 Å². The van der Waals surface area contributed by atoms with Crippen molar-refractivity contribution < 1.29 is 5.11 Å². The summed E-state index contributed by atoms with van der Waals surface area (Å²) in [5, 5.41) is 10.5.